The van der Waals surface area contributed by atoms with Gasteiger partial charge < -0.3 is 4.74 Å². The van der Waals surface area contributed by atoms with Crippen LogP contribution in [0.5, 0.6) is 0 Å². The van der Waals surface area contributed by atoms with Gasteiger partial charge in [0, 0.05) is 0 Å². The maximum Gasteiger partial charge on any atom is 0.324 e. The Balaban J connectivity index is 1.97. The van der Waals surface area contributed by atoms with Gasteiger partial charge in [-0.1, -0.05) is 23.2 Å². The summed E-state index contributed by atoms with van der Waals surface area (Å²) in [5.74, 6) is -1.26. The largest absolute Gasteiger partial charge is 0.456 e. The summed E-state index contributed by atoms with van der Waals surface area (Å²) in [6.07, 6.45) is 0. The smallest absolute Gasteiger partial charge is 0.324 e. The van der Waals surface area contributed by atoms with Crippen LogP contribution in [-0.4, -0.2) is 32.8 Å². The average molecular weight is 501 g/mol. The molecule has 2 rings (SSSR count). The van der Waals surface area contributed by atoms with Crippen molar-refractivity contribution in [3.05, 3.63) is 49.0 Å². The van der Waals surface area contributed by atoms with Crippen LogP contribution >= 0.6 is 50.5 Å². The number of Topliss-reactive ketones (excluding diaryl/α,β-unsaturated/α-hetero) is 1. The Kier molecular flexibility index (Phi) is 7.23. The Morgan fingerprint density at radius 1 is 1.23 bits per heavy atom. The molecule has 1 aromatic carbocycles. The SMILES string of the molecule is C[C@H](NS(=O)(=O)c1ccc(Cl)c(Cl)c1)C(=O)OCC(=O)c1ccc(Br)s1. The van der Waals surface area contributed by atoms with E-state index < -0.39 is 28.6 Å². The number of esters is 1. The molecule has 1 heterocycles. The van der Waals surface area contributed by atoms with Gasteiger partial charge in [0.2, 0.25) is 15.8 Å². The van der Waals surface area contributed by atoms with Crippen molar-refractivity contribution in [2.75, 3.05) is 6.61 Å². The maximum atomic E-state index is 12.3. The van der Waals surface area contributed by atoms with Crippen LogP contribution < -0.4 is 4.72 Å². The number of rotatable bonds is 7. The average Bonchev–Trinajstić information content (AvgIpc) is 3.00. The maximum absolute atomic E-state index is 12.3. The van der Waals surface area contributed by atoms with Gasteiger partial charge in [0.05, 0.1) is 23.6 Å². The molecule has 6 nitrogen and oxygen atoms in total. The molecule has 0 unspecified atom stereocenters. The number of carbonyl (C=O) groups is 2. The summed E-state index contributed by atoms with van der Waals surface area (Å²) < 4.78 is 32.4. The number of ketones is 1. The minimum atomic E-state index is -4.01. The molecule has 0 spiro atoms. The number of thiophene rings is 1. The standard InChI is InChI=1S/C15H12BrCl2NO5S2/c1-8(15(21)24-7-12(20)13-4-5-14(16)25-13)19-26(22,23)9-2-3-10(17)11(18)6-9/h2-6,8,19H,7H2,1H3/t8-/m0/s1. The van der Waals surface area contributed by atoms with Gasteiger partial charge in [-0.05, 0) is 53.2 Å². The van der Waals surface area contributed by atoms with E-state index in [0.29, 0.717) is 4.88 Å². The Labute approximate surface area is 172 Å². The Morgan fingerprint density at radius 2 is 1.92 bits per heavy atom. The highest BCUT2D eigenvalue weighted by molar-refractivity contribution is 9.11. The predicted octanol–water partition coefficient (Wildman–Crippen LogP) is 3.91. The molecule has 0 fully saturated rings. The fourth-order valence-electron chi connectivity index (χ4n) is 1.79. The van der Waals surface area contributed by atoms with Crippen LogP contribution in [0, 0.1) is 0 Å². The van der Waals surface area contributed by atoms with Gasteiger partial charge in [0.15, 0.2) is 6.61 Å². The minimum absolute atomic E-state index is 0.0671. The Hall–Kier alpha value is -0.970. The summed E-state index contributed by atoms with van der Waals surface area (Å²) in [6, 6.07) is 5.86. The van der Waals surface area contributed by atoms with Crippen LogP contribution in [0.3, 0.4) is 0 Å². The second-order valence-electron chi connectivity index (χ2n) is 5.05. The summed E-state index contributed by atoms with van der Waals surface area (Å²) in [6.45, 7) is 0.828. The van der Waals surface area contributed by atoms with E-state index >= 15 is 0 Å². The van der Waals surface area contributed by atoms with Crippen molar-refractivity contribution in [3.8, 4) is 0 Å². The fraction of sp³-hybridized carbons (Fsp3) is 0.200. The summed E-state index contributed by atoms with van der Waals surface area (Å²) in [7, 11) is -4.01. The summed E-state index contributed by atoms with van der Waals surface area (Å²) in [4.78, 5) is 24.1. The van der Waals surface area contributed by atoms with Crippen LogP contribution in [0.2, 0.25) is 10.0 Å². The lowest BCUT2D eigenvalue weighted by Gasteiger charge is -2.13. The highest BCUT2D eigenvalue weighted by Crippen LogP contribution is 2.25. The highest BCUT2D eigenvalue weighted by atomic mass is 79.9. The van der Waals surface area contributed by atoms with E-state index in [1.807, 2.05) is 0 Å². The number of sulfonamides is 1. The van der Waals surface area contributed by atoms with Gasteiger partial charge in [0.25, 0.3) is 0 Å². The van der Waals surface area contributed by atoms with E-state index in [9.17, 15) is 18.0 Å². The zero-order chi connectivity index (χ0) is 19.5. The molecule has 26 heavy (non-hydrogen) atoms. The van der Waals surface area contributed by atoms with Crippen LogP contribution in [0.25, 0.3) is 0 Å². The summed E-state index contributed by atoms with van der Waals surface area (Å²) >= 11 is 16.0. The fourth-order valence-corrected chi connectivity index (χ4v) is 4.68. The number of nitrogens with one attached hydrogen (secondary N) is 1. The van der Waals surface area contributed by atoms with Crippen LogP contribution in [0.15, 0.2) is 39.0 Å². The lowest BCUT2D eigenvalue weighted by molar-refractivity contribution is -0.144. The minimum Gasteiger partial charge on any atom is -0.456 e. The molecule has 1 N–H and O–H groups in total. The molecule has 0 saturated carbocycles. The van der Waals surface area contributed by atoms with Gasteiger partial charge in [-0.2, -0.15) is 4.72 Å². The molecule has 0 bridgehead atoms. The second-order valence-corrected chi connectivity index (χ2v) is 10.0. The molecule has 0 amide bonds. The lowest BCUT2D eigenvalue weighted by Crippen LogP contribution is -2.40. The zero-order valence-corrected chi connectivity index (χ0v) is 17.9. The van der Waals surface area contributed by atoms with Gasteiger partial charge in [-0.15, -0.1) is 11.3 Å². The third-order valence-electron chi connectivity index (χ3n) is 3.08. The number of hydrogen-bond acceptors (Lipinski definition) is 6. The topological polar surface area (TPSA) is 89.5 Å². The molecular weight excluding hydrogens is 489 g/mol. The number of carbonyl (C=O) groups excluding carboxylic acids is 2. The van der Waals surface area contributed by atoms with Crippen molar-refractivity contribution in [3.63, 3.8) is 0 Å². The molecule has 1 atom stereocenters. The second kappa shape index (κ2) is 8.81. The predicted molar refractivity (Wildman–Crippen MR) is 104 cm³/mol. The Bertz CT molecular complexity index is 945. The third kappa shape index (κ3) is 5.51. The molecule has 140 valence electrons. The number of hydrogen-bond donors (Lipinski definition) is 1. The van der Waals surface area contributed by atoms with Crippen molar-refractivity contribution < 1.29 is 22.7 Å². The normalized spacial score (nSPS) is 12.6. The van der Waals surface area contributed by atoms with E-state index in [2.05, 4.69) is 20.7 Å². The van der Waals surface area contributed by atoms with Gasteiger partial charge in [0.1, 0.15) is 6.04 Å². The van der Waals surface area contributed by atoms with Crippen molar-refractivity contribution >= 4 is 72.2 Å². The first-order valence-electron chi connectivity index (χ1n) is 7.02. The molecule has 1 aromatic heterocycles. The van der Waals surface area contributed by atoms with Crippen LogP contribution in [0.1, 0.15) is 16.6 Å². The lowest BCUT2D eigenvalue weighted by atomic mass is 10.3. The van der Waals surface area contributed by atoms with Crippen molar-refractivity contribution in [2.24, 2.45) is 0 Å². The van der Waals surface area contributed by atoms with Gasteiger partial charge >= 0.3 is 5.97 Å². The molecule has 0 aliphatic carbocycles. The summed E-state index contributed by atoms with van der Waals surface area (Å²) in [5, 5.41) is 0.272. The first kappa shape index (κ1) is 21.3. The van der Waals surface area contributed by atoms with E-state index in [0.717, 1.165) is 3.79 Å². The summed E-state index contributed by atoms with van der Waals surface area (Å²) in [5.41, 5.74) is 0. The van der Waals surface area contributed by atoms with Crippen molar-refractivity contribution in [1.29, 1.82) is 0 Å². The van der Waals surface area contributed by atoms with Crippen molar-refractivity contribution in [1.82, 2.24) is 4.72 Å². The van der Waals surface area contributed by atoms with E-state index in [1.54, 1.807) is 12.1 Å². The van der Waals surface area contributed by atoms with Gasteiger partial charge in [-0.3, -0.25) is 9.59 Å². The molecule has 0 aliphatic rings. The molecular formula is C15H12BrCl2NO5S2. The first-order chi connectivity index (χ1) is 12.1. The monoisotopic (exact) mass is 499 g/mol. The molecule has 0 aliphatic heterocycles. The highest BCUT2D eigenvalue weighted by Gasteiger charge is 2.24. The van der Waals surface area contributed by atoms with Crippen LogP contribution in [0.4, 0.5) is 0 Å². The number of benzene rings is 1. The first-order valence-corrected chi connectivity index (χ1v) is 10.9. The molecule has 0 radical (unpaired) electrons. The van der Waals surface area contributed by atoms with Crippen molar-refractivity contribution in [2.45, 2.75) is 17.9 Å². The zero-order valence-electron chi connectivity index (χ0n) is 13.2. The number of halogens is 3. The molecule has 11 heteroatoms. The third-order valence-corrected chi connectivity index (χ3v) is 7.02. The van der Waals surface area contributed by atoms with Crippen LogP contribution in [-0.2, 0) is 19.6 Å². The van der Waals surface area contributed by atoms with Gasteiger partial charge in [-0.25, -0.2) is 8.42 Å². The molecule has 2 aromatic rings. The Morgan fingerprint density at radius 3 is 2.50 bits per heavy atom. The number of ether oxygens (including phenoxy) is 1. The quantitative estimate of drug-likeness (QED) is 0.459. The van der Waals surface area contributed by atoms with E-state index in [4.69, 9.17) is 27.9 Å². The van der Waals surface area contributed by atoms with E-state index in [1.165, 1.54) is 36.5 Å². The molecule has 0 saturated heterocycles. The van der Waals surface area contributed by atoms with E-state index in [-0.39, 0.29) is 20.7 Å².